The van der Waals surface area contributed by atoms with Crippen molar-refractivity contribution in [1.29, 1.82) is 0 Å². The van der Waals surface area contributed by atoms with Crippen molar-refractivity contribution in [3.05, 3.63) is 28.9 Å². The largest absolute Gasteiger partial charge is 0.475 e. The van der Waals surface area contributed by atoms with Crippen molar-refractivity contribution in [3.8, 4) is 0 Å². The van der Waals surface area contributed by atoms with Gasteiger partial charge in [0.2, 0.25) is 16.9 Å². The van der Waals surface area contributed by atoms with E-state index in [2.05, 4.69) is 0 Å². The molecule has 6 nitrogen and oxygen atoms in total. The number of primary amides is 1. The molecular formula is C7H3I2NO5. The Kier molecular flexibility index (Phi) is 3.70. The predicted molar refractivity (Wildman–Crippen MR) is 65.9 cm³/mol. The van der Waals surface area contributed by atoms with E-state index in [1.165, 1.54) is 0 Å². The summed E-state index contributed by atoms with van der Waals surface area (Å²) in [4.78, 5) is 33.0. The van der Waals surface area contributed by atoms with Gasteiger partial charge in [0.1, 0.15) is 7.14 Å². The smallest absolute Gasteiger partial charge is 0.373 e. The minimum Gasteiger partial charge on any atom is -0.475 e. The summed E-state index contributed by atoms with van der Waals surface area (Å²) in [6, 6.07) is 0. The molecule has 0 aliphatic heterocycles. The van der Waals surface area contributed by atoms with Crippen LogP contribution in [0.15, 0.2) is 9.21 Å². The Morgan fingerprint density at radius 3 is 2.07 bits per heavy atom. The van der Waals surface area contributed by atoms with Gasteiger partial charge in [0.05, 0.1) is 0 Å². The fourth-order valence-corrected chi connectivity index (χ4v) is 2.56. The molecule has 1 rings (SSSR count). The number of carboxylic acids is 1. The van der Waals surface area contributed by atoms with Crippen molar-refractivity contribution in [3.63, 3.8) is 0 Å². The van der Waals surface area contributed by atoms with Gasteiger partial charge in [0, 0.05) is 0 Å². The Labute approximate surface area is 110 Å². The molecule has 15 heavy (non-hydrogen) atoms. The van der Waals surface area contributed by atoms with Gasteiger partial charge in [-0.25, -0.2) is 4.79 Å². The number of carboxylic acid groups (broad SMARTS) is 1. The Morgan fingerprint density at radius 1 is 1.20 bits per heavy atom. The van der Waals surface area contributed by atoms with Crippen molar-refractivity contribution in [2.75, 3.05) is 0 Å². The topological polar surface area (TPSA) is 111 Å². The number of rotatable bonds is 2. The van der Waals surface area contributed by atoms with Gasteiger partial charge in [0.25, 0.3) is 5.91 Å². The molecule has 0 saturated heterocycles. The van der Waals surface area contributed by atoms with Gasteiger partial charge in [-0.2, -0.15) is 0 Å². The van der Waals surface area contributed by atoms with Crippen molar-refractivity contribution in [2.45, 2.75) is 0 Å². The van der Waals surface area contributed by atoms with Gasteiger partial charge >= 0.3 is 5.97 Å². The lowest BCUT2D eigenvalue weighted by Crippen LogP contribution is -2.23. The lowest BCUT2D eigenvalue weighted by atomic mass is 10.3. The first-order chi connectivity index (χ1) is 6.86. The van der Waals surface area contributed by atoms with Crippen LogP contribution in [0.4, 0.5) is 0 Å². The second-order valence-corrected chi connectivity index (χ2v) is 4.54. The molecule has 0 saturated carbocycles. The summed E-state index contributed by atoms with van der Waals surface area (Å²) in [5.41, 5.74) is 4.36. The first-order valence-electron chi connectivity index (χ1n) is 3.41. The number of nitrogens with two attached hydrogens (primary N) is 1. The van der Waals surface area contributed by atoms with Crippen LogP contribution in [-0.2, 0) is 0 Å². The minimum absolute atomic E-state index is 0.0190. The van der Waals surface area contributed by atoms with E-state index in [1.807, 2.05) is 0 Å². The lowest BCUT2D eigenvalue weighted by Gasteiger charge is -2.02. The zero-order chi connectivity index (χ0) is 11.7. The molecule has 1 aromatic rings. The van der Waals surface area contributed by atoms with E-state index in [4.69, 9.17) is 15.3 Å². The molecule has 0 aliphatic carbocycles. The highest BCUT2D eigenvalue weighted by atomic mass is 127. The third-order valence-electron chi connectivity index (χ3n) is 1.42. The molecule has 0 aromatic carbocycles. The zero-order valence-electron chi connectivity index (χ0n) is 6.91. The fraction of sp³-hybridized carbons (Fsp3) is 0. The Hall–Kier alpha value is -0.650. The van der Waals surface area contributed by atoms with Crippen LogP contribution in [0.2, 0.25) is 0 Å². The maximum atomic E-state index is 11.5. The van der Waals surface area contributed by atoms with Crippen LogP contribution in [0.25, 0.3) is 0 Å². The third kappa shape index (κ3) is 2.30. The van der Waals surface area contributed by atoms with Gasteiger partial charge in [0.15, 0.2) is 0 Å². The molecule has 1 amide bonds. The fourth-order valence-electron chi connectivity index (χ4n) is 0.790. The maximum Gasteiger partial charge on any atom is 0.373 e. The van der Waals surface area contributed by atoms with Crippen LogP contribution in [0, 0.1) is 7.14 Å². The van der Waals surface area contributed by atoms with Gasteiger partial charge in [-0.1, -0.05) is 0 Å². The van der Waals surface area contributed by atoms with Crippen molar-refractivity contribution >= 4 is 57.1 Å². The average molecular weight is 435 g/mol. The third-order valence-corrected chi connectivity index (χ3v) is 3.38. The molecule has 0 unspecified atom stereocenters. The number of aromatic carboxylic acids is 1. The van der Waals surface area contributed by atoms with Crippen LogP contribution >= 0.6 is 45.2 Å². The quantitative estimate of drug-likeness (QED) is 0.664. The normalized spacial score (nSPS) is 10.0. The summed E-state index contributed by atoms with van der Waals surface area (Å²) in [6.45, 7) is 0. The molecule has 8 heteroatoms. The summed E-state index contributed by atoms with van der Waals surface area (Å²) in [5.74, 6) is -3.40. The molecule has 0 spiro atoms. The van der Waals surface area contributed by atoms with Gasteiger partial charge in [-0.3, -0.25) is 9.59 Å². The second-order valence-electron chi connectivity index (χ2n) is 2.39. The number of carbonyl (C=O) groups excluding carboxylic acids is 1. The number of amides is 1. The highest BCUT2D eigenvalue weighted by Crippen LogP contribution is 2.15. The van der Waals surface area contributed by atoms with E-state index < -0.39 is 28.8 Å². The van der Waals surface area contributed by atoms with Crippen molar-refractivity contribution < 1.29 is 19.1 Å². The molecule has 0 atom stereocenters. The molecule has 0 fully saturated rings. The van der Waals surface area contributed by atoms with E-state index in [9.17, 15) is 14.4 Å². The first-order valence-corrected chi connectivity index (χ1v) is 5.57. The Balaban J connectivity index is 3.67. The summed E-state index contributed by atoms with van der Waals surface area (Å²) >= 11 is 3.12. The van der Waals surface area contributed by atoms with Crippen LogP contribution < -0.4 is 11.2 Å². The van der Waals surface area contributed by atoms with Gasteiger partial charge < -0.3 is 15.3 Å². The predicted octanol–water partition coefficient (Wildman–Crippen LogP) is 0.646. The van der Waals surface area contributed by atoms with E-state index in [0.717, 1.165) is 0 Å². The zero-order valence-corrected chi connectivity index (χ0v) is 11.2. The minimum atomic E-state index is -1.42. The lowest BCUT2D eigenvalue weighted by molar-refractivity contribution is 0.0653. The molecule has 0 radical (unpaired) electrons. The molecular weight excluding hydrogens is 432 g/mol. The van der Waals surface area contributed by atoms with Crippen LogP contribution in [0.1, 0.15) is 21.1 Å². The highest BCUT2D eigenvalue weighted by molar-refractivity contribution is 14.1. The second kappa shape index (κ2) is 4.47. The highest BCUT2D eigenvalue weighted by Gasteiger charge is 2.22. The number of hydrogen-bond acceptors (Lipinski definition) is 4. The number of carbonyl (C=O) groups is 2. The van der Waals surface area contributed by atoms with Crippen LogP contribution in [-0.4, -0.2) is 17.0 Å². The first kappa shape index (κ1) is 12.4. The van der Waals surface area contributed by atoms with Crippen LogP contribution in [0.5, 0.6) is 0 Å². The summed E-state index contributed by atoms with van der Waals surface area (Å²) < 4.78 is 4.65. The van der Waals surface area contributed by atoms with Gasteiger partial charge in [-0.05, 0) is 45.2 Å². The number of halogens is 2. The maximum absolute atomic E-state index is 11.5. The van der Waals surface area contributed by atoms with E-state index in [-0.39, 0.29) is 7.14 Å². The molecule has 3 N–H and O–H groups in total. The average Bonchev–Trinajstić information content (AvgIpc) is 2.13. The summed E-state index contributed by atoms with van der Waals surface area (Å²) in [5, 5.41) is 8.70. The molecule has 1 aromatic heterocycles. The van der Waals surface area contributed by atoms with Crippen molar-refractivity contribution in [2.24, 2.45) is 5.73 Å². The molecule has 80 valence electrons. The standard InChI is InChI=1S/C7H3I2NO5/c8-1-3(11)2(9)5(7(13)14)15-4(1)6(10)12/h(H2,10,12)(H,13,14). The molecule has 0 bridgehead atoms. The molecule has 0 aliphatic rings. The summed E-state index contributed by atoms with van der Waals surface area (Å²) in [6.07, 6.45) is 0. The van der Waals surface area contributed by atoms with E-state index in [0.29, 0.717) is 0 Å². The van der Waals surface area contributed by atoms with Crippen LogP contribution in [0.3, 0.4) is 0 Å². The Morgan fingerprint density at radius 2 is 1.67 bits per heavy atom. The molecule has 1 heterocycles. The monoisotopic (exact) mass is 435 g/mol. The summed E-state index contributed by atoms with van der Waals surface area (Å²) in [7, 11) is 0. The SMILES string of the molecule is NC(=O)c1oc(C(=O)O)c(I)c(=O)c1I. The van der Waals surface area contributed by atoms with Crippen molar-refractivity contribution in [1.82, 2.24) is 0 Å². The van der Waals surface area contributed by atoms with E-state index >= 15 is 0 Å². The van der Waals surface area contributed by atoms with E-state index in [1.54, 1.807) is 45.2 Å². The van der Waals surface area contributed by atoms with Gasteiger partial charge in [-0.15, -0.1) is 0 Å². The Bertz CT molecular complexity index is 466. The number of hydrogen-bond donors (Lipinski definition) is 2.